The van der Waals surface area contributed by atoms with Gasteiger partial charge in [-0.25, -0.2) is 8.42 Å². The van der Waals surface area contributed by atoms with Gasteiger partial charge in [0.2, 0.25) is 15.7 Å². The number of nitrogens with one attached hydrogen (secondary N) is 2. The molecule has 0 fully saturated rings. The summed E-state index contributed by atoms with van der Waals surface area (Å²) in [6.07, 6.45) is 0. The van der Waals surface area contributed by atoms with Gasteiger partial charge in [-0.1, -0.05) is 66.7 Å². The summed E-state index contributed by atoms with van der Waals surface area (Å²) in [7, 11) is -3.82. The minimum Gasteiger partial charge on any atom is -0.343 e. The van der Waals surface area contributed by atoms with Crippen LogP contribution >= 0.6 is 0 Å². The molecular weight excluding hydrogens is 424 g/mol. The summed E-state index contributed by atoms with van der Waals surface area (Å²) in [4.78, 5) is 25.3. The Morgan fingerprint density at radius 1 is 0.719 bits per heavy atom. The number of anilines is 1. The van der Waals surface area contributed by atoms with Crippen molar-refractivity contribution in [3.63, 3.8) is 0 Å². The van der Waals surface area contributed by atoms with Crippen LogP contribution in [0.1, 0.15) is 10.4 Å². The monoisotopic (exact) mass is 444 g/mol. The molecule has 0 aromatic heterocycles. The van der Waals surface area contributed by atoms with Gasteiger partial charge in [-0.3, -0.25) is 9.59 Å². The van der Waals surface area contributed by atoms with Crippen LogP contribution in [0.15, 0.2) is 107 Å². The smallest absolute Gasteiger partial charge is 0.252 e. The molecule has 2 amide bonds. The molecule has 0 saturated carbocycles. The van der Waals surface area contributed by atoms with E-state index in [9.17, 15) is 18.0 Å². The second-order valence-electron chi connectivity index (χ2n) is 7.07. The van der Waals surface area contributed by atoms with Crippen LogP contribution in [-0.2, 0) is 14.6 Å². The Bertz CT molecular complexity index is 1390. The fourth-order valence-corrected chi connectivity index (χ4v) is 4.84. The lowest BCUT2D eigenvalue weighted by molar-refractivity contribution is -0.115. The molecule has 2 N–H and O–H groups in total. The lowest BCUT2D eigenvalue weighted by Gasteiger charge is -2.12. The molecule has 0 radical (unpaired) electrons. The molecular formula is C25H20N2O4S. The van der Waals surface area contributed by atoms with Crippen LogP contribution in [0.5, 0.6) is 0 Å². The van der Waals surface area contributed by atoms with Gasteiger partial charge in [0, 0.05) is 5.56 Å². The van der Waals surface area contributed by atoms with E-state index in [0.29, 0.717) is 5.56 Å². The summed E-state index contributed by atoms with van der Waals surface area (Å²) in [5, 5.41) is 6.90. The maximum atomic E-state index is 13.0. The van der Waals surface area contributed by atoms with Gasteiger partial charge >= 0.3 is 0 Å². The number of carbonyl (C=O) groups is 2. The lowest BCUT2D eigenvalue weighted by atomic mass is 10.0. The first-order chi connectivity index (χ1) is 15.5. The molecule has 0 spiro atoms. The molecule has 7 heteroatoms. The molecule has 0 aliphatic rings. The average molecular weight is 445 g/mol. The summed E-state index contributed by atoms with van der Waals surface area (Å²) in [5.74, 6) is -0.920. The van der Waals surface area contributed by atoms with E-state index < -0.39 is 15.7 Å². The highest BCUT2D eigenvalue weighted by atomic mass is 32.2. The molecule has 0 heterocycles. The molecule has 0 aliphatic heterocycles. The Hall–Kier alpha value is -3.97. The highest BCUT2D eigenvalue weighted by Gasteiger charge is 2.22. The van der Waals surface area contributed by atoms with Gasteiger partial charge in [0.05, 0.1) is 22.0 Å². The molecule has 0 atom stereocenters. The Morgan fingerprint density at radius 3 is 2.19 bits per heavy atom. The van der Waals surface area contributed by atoms with Crippen molar-refractivity contribution in [2.24, 2.45) is 0 Å². The van der Waals surface area contributed by atoms with Crippen LogP contribution < -0.4 is 10.6 Å². The zero-order valence-electron chi connectivity index (χ0n) is 17.0. The van der Waals surface area contributed by atoms with Crippen molar-refractivity contribution in [3.05, 3.63) is 103 Å². The number of fused-ring (bicyclic) bond motifs is 1. The van der Waals surface area contributed by atoms with E-state index >= 15 is 0 Å². The van der Waals surface area contributed by atoms with Crippen molar-refractivity contribution < 1.29 is 18.0 Å². The first-order valence-corrected chi connectivity index (χ1v) is 11.4. The summed E-state index contributed by atoms with van der Waals surface area (Å²) in [6.45, 7) is -0.304. The number of sulfone groups is 1. The van der Waals surface area contributed by atoms with E-state index in [1.165, 1.54) is 24.3 Å². The van der Waals surface area contributed by atoms with Crippen LogP contribution in [0.2, 0.25) is 0 Å². The van der Waals surface area contributed by atoms with Gasteiger partial charge in [0.15, 0.2) is 0 Å². The maximum Gasteiger partial charge on any atom is 0.252 e. The zero-order valence-corrected chi connectivity index (χ0v) is 17.8. The summed E-state index contributed by atoms with van der Waals surface area (Å²) in [6, 6.07) is 27.0. The van der Waals surface area contributed by atoms with Crippen LogP contribution in [0.3, 0.4) is 0 Å². The molecule has 4 aromatic rings. The number of benzene rings is 4. The fourth-order valence-electron chi connectivity index (χ4n) is 3.40. The number of para-hydroxylation sites is 1. The van der Waals surface area contributed by atoms with Crippen LogP contribution in [0.25, 0.3) is 10.8 Å². The molecule has 4 aromatic carbocycles. The van der Waals surface area contributed by atoms with Gasteiger partial charge in [-0.05, 0) is 41.1 Å². The molecule has 32 heavy (non-hydrogen) atoms. The second-order valence-corrected chi connectivity index (χ2v) is 8.99. The maximum absolute atomic E-state index is 13.0. The van der Waals surface area contributed by atoms with E-state index in [-0.39, 0.29) is 27.9 Å². The third kappa shape index (κ3) is 4.38. The molecule has 0 bridgehead atoms. The molecule has 160 valence electrons. The van der Waals surface area contributed by atoms with Gasteiger partial charge in [-0.2, -0.15) is 0 Å². The molecule has 4 rings (SSSR count). The topological polar surface area (TPSA) is 92.3 Å². The third-order valence-corrected chi connectivity index (χ3v) is 6.78. The van der Waals surface area contributed by atoms with Gasteiger partial charge in [0.1, 0.15) is 0 Å². The minimum absolute atomic E-state index is 0.0140. The number of hydrogen-bond acceptors (Lipinski definition) is 4. The van der Waals surface area contributed by atoms with Crippen LogP contribution in [0, 0.1) is 0 Å². The third-order valence-electron chi connectivity index (χ3n) is 4.95. The Kier molecular flexibility index (Phi) is 6.00. The molecule has 0 unspecified atom stereocenters. The zero-order chi connectivity index (χ0) is 22.6. The van der Waals surface area contributed by atoms with Crippen molar-refractivity contribution in [2.75, 3.05) is 11.9 Å². The normalized spacial score (nSPS) is 11.1. The predicted molar refractivity (Wildman–Crippen MR) is 123 cm³/mol. The number of rotatable bonds is 6. The fraction of sp³-hybridized carbons (Fsp3) is 0.0400. The summed E-state index contributed by atoms with van der Waals surface area (Å²) < 4.78 is 26.0. The van der Waals surface area contributed by atoms with Gasteiger partial charge in [0.25, 0.3) is 5.91 Å². The van der Waals surface area contributed by atoms with Crippen molar-refractivity contribution in [3.8, 4) is 0 Å². The SMILES string of the molecule is O=C(CNC(=O)c1cccc2ccccc12)Nc1ccccc1S(=O)(=O)c1ccccc1. The van der Waals surface area contributed by atoms with E-state index in [1.807, 2.05) is 30.3 Å². The van der Waals surface area contributed by atoms with Crippen molar-refractivity contribution in [1.29, 1.82) is 0 Å². The van der Waals surface area contributed by atoms with E-state index in [4.69, 9.17) is 0 Å². The average Bonchev–Trinajstić information content (AvgIpc) is 2.83. The predicted octanol–water partition coefficient (Wildman–Crippen LogP) is 4.04. The minimum atomic E-state index is -3.82. The largest absolute Gasteiger partial charge is 0.343 e. The molecule has 6 nitrogen and oxygen atoms in total. The van der Waals surface area contributed by atoms with Crippen molar-refractivity contribution in [2.45, 2.75) is 9.79 Å². The number of carbonyl (C=O) groups excluding carboxylic acids is 2. The van der Waals surface area contributed by atoms with Gasteiger partial charge < -0.3 is 10.6 Å². The highest BCUT2D eigenvalue weighted by Crippen LogP contribution is 2.27. The number of amides is 2. The van der Waals surface area contributed by atoms with E-state index in [1.54, 1.807) is 42.5 Å². The Balaban J connectivity index is 1.49. The first kappa shape index (κ1) is 21.3. The standard InChI is InChI=1S/C25H20N2O4S/c28-24(17-26-25(29)21-14-8-10-18-9-4-5-13-20(18)21)27-22-15-6-7-16-23(22)32(30,31)19-11-2-1-3-12-19/h1-16H,17H2,(H,26,29)(H,27,28). The Morgan fingerprint density at radius 2 is 1.38 bits per heavy atom. The quantitative estimate of drug-likeness (QED) is 0.469. The molecule has 0 aliphatic carbocycles. The summed E-state index contributed by atoms with van der Waals surface area (Å²) in [5.41, 5.74) is 0.615. The second kappa shape index (κ2) is 9.03. The van der Waals surface area contributed by atoms with Crippen LogP contribution in [0.4, 0.5) is 5.69 Å². The highest BCUT2D eigenvalue weighted by molar-refractivity contribution is 7.91. The first-order valence-electron chi connectivity index (χ1n) is 9.92. The van der Waals surface area contributed by atoms with Crippen molar-refractivity contribution in [1.82, 2.24) is 5.32 Å². The number of hydrogen-bond donors (Lipinski definition) is 2. The van der Waals surface area contributed by atoms with Gasteiger partial charge in [-0.15, -0.1) is 0 Å². The Labute approximate surface area is 185 Å². The van der Waals surface area contributed by atoms with Crippen LogP contribution in [-0.4, -0.2) is 26.8 Å². The van der Waals surface area contributed by atoms with E-state index in [2.05, 4.69) is 10.6 Å². The molecule has 0 saturated heterocycles. The van der Waals surface area contributed by atoms with E-state index in [0.717, 1.165) is 10.8 Å². The lowest BCUT2D eigenvalue weighted by Crippen LogP contribution is -2.33. The van der Waals surface area contributed by atoms with Crippen molar-refractivity contribution >= 4 is 38.1 Å². The summed E-state index contributed by atoms with van der Waals surface area (Å²) >= 11 is 0.